The van der Waals surface area contributed by atoms with Crippen molar-refractivity contribution in [1.82, 2.24) is 10.4 Å². The van der Waals surface area contributed by atoms with E-state index in [0.717, 1.165) is 48.0 Å². The van der Waals surface area contributed by atoms with Crippen LogP contribution in [0.15, 0.2) is 54.6 Å². The van der Waals surface area contributed by atoms with Crippen LogP contribution >= 0.6 is 0 Å². The number of carbonyl (C=O) groups excluding carboxylic acids is 2. The predicted molar refractivity (Wildman–Crippen MR) is 118 cm³/mol. The third-order valence-electron chi connectivity index (χ3n) is 6.33. The van der Waals surface area contributed by atoms with Crippen molar-refractivity contribution in [3.8, 4) is 0 Å². The summed E-state index contributed by atoms with van der Waals surface area (Å²) in [6, 6.07) is 17.8. The molecule has 2 aliphatic rings. The van der Waals surface area contributed by atoms with Gasteiger partial charge in [0, 0.05) is 0 Å². The number of amides is 2. The molecule has 1 aliphatic heterocycles. The van der Waals surface area contributed by atoms with E-state index in [1.807, 2.05) is 4.90 Å². The van der Waals surface area contributed by atoms with Crippen LogP contribution < -0.4 is 5.48 Å². The SMILES string of the molecule is O=C(NO)c1ccc(CC(=O)N2CCC(C[AsH]C3CC3c3ccccc3)CC2)cc1. The van der Waals surface area contributed by atoms with Crippen molar-refractivity contribution in [3.05, 3.63) is 71.3 Å². The van der Waals surface area contributed by atoms with E-state index >= 15 is 0 Å². The Bertz CT molecular complexity index is 864. The molecular weight excluding hydrogens is 439 g/mol. The third kappa shape index (κ3) is 5.33. The van der Waals surface area contributed by atoms with E-state index in [9.17, 15) is 9.59 Å². The van der Waals surface area contributed by atoms with Gasteiger partial charge >= 0.3 is 169 Å². The van der Waals surface area contributed by atoms with Gasteiger partial charge in [-0.25, -0.2) is 5.48 Å². The molecule has 1 saturated heterocycles. The average molecular weight is 468 g/mol. The van der Waals surface area contributed by atoms with Gasteiger partial charge in [-0.1, -0.05) is 0 Å². The molecule has 5 nitrogen and oxygen atoms in total. The Morgan fingerprint density at radius 2 is 1.73 bits per heavy atom. The molecule has 0 spiro atoms. The molecule has 2 aromatic carbocycles. The summed E-state index contributed by atoms with van der Waals surface area (Å²) in [5.41, 5.74) is 4.41. The van der Waals surface area contributed by atoms with Gasteiger partial charge in [-0.15, -0.1) is 0 Å². The number of hydrogen-bond donors (Lipinski definition) is 2. The number of hydroxylamine groups is 1. The first-order valence-corrected chi connectivity index (χ1v) is 13.4. The summed E-state index contributed by atoms with van der Waals surface area (Å²) in [5.74, 6) is 1.24. The molecule has 0 radical (unpaired) electrons. The average Bonchev–Trinajstić information content (AvgIpc) is 3.58. The van der Waals surface area contributed by atoms with E-state index in [4.69, 9.17) is 5.21 Å². The molecule has 6 heteroatoms. The van der Waals surface area contributed by atoms with Gasteiger partial charge in [0.1, 0.15) is 0 Å². The van der Waals surface area contributed by atoms with Crippen molar-refractivity contribution < 1.29 is 14.8 Å². The van der Waals surface area contributed by atoms with Crippen molar-refractivity contribution in [1.29, 1.82) is 0 Å². The molecule has 2 fully saturated rings. The van der Waals surface area contributed by atoms with E-state index in [-0.39, 0.29) is 21.7 Å². The van der Waals surface area contributed by atoms with E-state index in [2.05, 4.69) is 30.3 Å². The first-order chi connectivity index (χ1) is 14.6. The number of benzene rings is 2. The number of carbonyl (C=O) groups is 2. The molecule has 3 atom stereocenters. The maximum atomic E-state index is 12.6. The zero-order chi connectivity index (χ0) is 20.9. The van der Waals surface area contributed by atoms with Crippen LogP contribution in [0.2, 0.25) is 9.91 Å². The Balaban J connectivity index is 1.17. The molecule has 4 rings (SSSR count). The molecule has 1 heterocycles. The summed E-state index contributed by atoms with van der Waals surface area (Å²) in [7, 11) is 0. The quantitative estimate of drug-likeness (QED) is 0.372. The summed E-state index contributed by atoms with van der Waals surface area (Å²) in [4.78, 5) is 26.0. The van der Waals surface area contributed by atoms with Crippen molar-refractivity contribution in [2.24, 2.45) is 5.92 Å². The molecule has 1 saturated carbocycles. The van der Waals surface area contributed by atoms with Gasteiger partial charge in [0.2, 0.25) is 0 Å². The summed E-state index contributed by atoms with van der Waals surface area (Å²) in [6.07, 6.45) is 4.02. The van der Waals surface area contributed by atoms with Gasteiger partial charge < -0.3 is 0 Å². The fourth-order valence-electron chi connectivity index (χ4n) is 4.32. The number of nitrogens with zero attached hydrogens (tertiary/aromatic N) is 1. The van der Waals surface area contributed by atoms with Gasteiger partial charge in [-0.2, -0.15) is 0 Å². The summed E-state index contributed by atoms with van der Waals surface area (Å²) in [5, 5.41) is 10.1. The van der Waals surface area contributed by atoms with Crippen LogP contribution in [0.3, 0.4) is 0 Å². The zero-order valence-corrected chi connectivity index (χ0v) is 19.2. The van der Waals surface area contributed by atoms with Crippen LogP contribution in [-0.2, 0) is 11.2 Å². The van der Waals surface area contributed by atoms with E-state index < -0.39 is 5.91 Å². The second kappa shape index (κ2) is 9.80. The summed E-state index contributed by atoms with van der Waals surface area (Å²) in [6.45, 7) is 1.74. The number of rotatable bonds is 7. The number of piperidine rings is 1. The van der Waals surface area contributed by atoms with Crippen molar-refractivity contribution in [2.45, 2.75) is 41.5 Å². The van der Waals surface area contributed by atoms with Crippen molar-refractivity contribution in [2.75, 3.05) is 13.1 Å². The van der Waals surface area contributed by atoms with Crippen LogP contribution in [0.25, 0.3) is 0 Å². The van der Waals surface area contributed by atoms with Crippen LogP contribution in [0, 0.1) is 5.92 Å². The van der Waals surface area contributed by atoms with Crippen LogP contribution in [0.1, 0.15) is 46.7 Å². The molecule has 30 heavy (non-hydrogen) atoms. The van der Waals surface area contributed by atoms with Crippen molar-refractivity contribution >= 4 is 27.6 Å². The molecule has 3 unspecified atom stereocenters. The Hall–Kier alpha value is -2.10. The molecule has 158 valence electrons. The minimum atomic E-state index is -0.542. The van der Waals surface area contributed by atoms with Gasteiger partial charge in [0.05, 0.1) is 0 Å². The third-order valence-corrected chi connectivity index (χ3v) is 10.5. The van der Waals surface area contributed by atoms with Gasteiger partial charge in [-0.05, 0) is 0 Å². The molecule has 2 aromatic rings. The van der Waals surface area contributed by atoms with Crippen LogP contribution in [0.5, 0.6) is 0 Å². The first kappa shape index (κ1) is 21.1. The Morgan fingerprint density at radius 3 is 2.40 bits per heavy atom. The Morgan fingerprint density at radius 1 is 1.03 bits per heavy atom. The predicted octanol–water partition coefficient (Wildman–Crippen LogP) is 3.42. The van der Waals surface area contributed by atoms with Crippen LogP contribution in [0.4, 0.5) is 0 Å². The molecule has 0 aromatic heterocycles. The minimum absolute atomic E-state index is 0.105. The van der Waals surface area contributed by atoms with Crippen LogP contribution in [-0.4, -0.2) is 50.8 Å². The maximum absolute atomic E-state index is 12.6. The standard InChI is InChI=1S/C24H29AsN2O3/c28-23(14-17-6-8-20(9-7-17)24(29)26-30)27-12-10-18(11-13-27)16-25-22-15-21(22)19-4-2-1-3-5-19/h1-9,18,21-22,25,30H,10-16H2,(H,26,29). The Labute approximate surface area is 184 Å². The number of likely N-dealkylation sites (tertiary alicyclic amines) is 1. The molecule has 0 bridgehead atoms. The van der Waals surface area contributed by atoms with Gasteiger partial charge in [-0.3, -0.25) is 10.0 Å². The first-order valence-electron chi connectivity index (χ1n) is 10.7. The number of hydrogen-bond acceptors (Lipinski definition) is 3. The molecule has 2 N–H and O–H groups in total. The van der Waals surface area contributed by atoms with Crippen molar-refractivity contribution in [3.63, 3.8) is 0 Å². The Kier molecular flexibility index (Phi) is 6.91. The van der Waals surface area contributed by atoms with Gasteiger partial charge in [0.25, 0.3) is 0 Å². The monoisotopic (exact) mass is 468 g/mol. The van der Waals surface area contributed by atoms with E-state index in [1.165, 1.54) is 17.2 Å². The van der Waals surface area contributed by atoms with E-state index in [0.29, 0.717) is 12.0 Å². The number of nitrogens with one attached hydrogen (secondary N) is 1. The van der Waals surface area contributed by atoms with E-state index in [1.54, 1.807) is 29.7 Å². The second-order valence-electron chi connectivity index (χ2n) is 8.41. The molecule has 2 amide bonds. The summed E-state index contributed by atoms with van der Waals surface area (Å²) >= 11 is 0.105. The molecule has 1 aliphatic carbocycles. The molecular formula is C24H29AsN2O3. The second-order valence-corrected chi connectivity index (χ2v) is 11.7. The van der Waals surface area contributed by atoms with Gasteiger partial charge in [0.15, 0.2) is 0 Å². The topological polar surface area (TPSA) is 69.6 Å². The normalized spacial score (nSPS) is 21.7. The zero-order valence-electron chi connectivity index (χ0n) is 17.1. The summed E-state index contributed by atoms with van der Waals surface area (Å²) < 4.78 is 0.975. The fourth-order valence-corrected chi connectivity index (χ4v) is 8.39. The fraction of sp³-hybridized carbons (Fsp3) is 0.417.